The SMILES string of the molecule is NC(=O)c1ccc2c(=O)[nH]c(C(=O)NCc3ccc4c(c3)NC(=O)CO4)nc2c1. The Labute approximate surface area is 163 Å². The zero-order chi connectivity index (χ0) is 20.5. The Bertz CT molecular complexity index is 1230. The van der Waals surface area contributed by atoms with Crippen LogP contribution in [0.25, 0.3) is 10.9 Å². The molecule has 1 aliphatic heterocycles. The van der Waals surface area contributed by atoms with Crippen LogP contribution in [0, 0.1) is 0 Å². The fourth-order valence-electron chi connectivity index (χ4n) is 2.91. The van der Waals surface area contributed by atoms with Gasteiger partial charge in [0.2, 0.25) is 5.91 Å². The van der Waals surface area contributed by atoms with Crippen molar-refractivity contribution in [2.75, 3.05) is 11.9 Å². The van der Waals surface area contributed by atoms with E-state index in [0.717, 1.165) is 0 Å². The van der Waals surface area contributed by atoms with Crippen molar-refractivity contribution in [2.24, 2.45) is 5.73 Å². The molecule has 3 amide bonds. The van der Waals surface area contributed by atoms with Crippen LogP contribution in [0.15, 0.2) is 41.2 Å². The molecule has 2 aromatic carbocycles. The Balaban J connectivity index is 1.55. The second-order valence-corrected chi connectivity index (χ2v) is 6.36. The zero-order valence-electron chi connectivity index (χ0n) is 14.9. The molecule has 0 saturated heterocycles. The van der Waals surface area contributed by atoms with Gasteiger partial charge in [-0.15, -0.1) is 0 Å². The molecule has 0 radical (unpaired) electrons. The van der Waals surface area contributed by atoms with Gasteiger partial charge in [-0.05, 0) is 35.9 Å². The number of benzene rings is 2. The molecule has 1 aromatic heterocycles. The summed E-state index contributed by atoms with van der Waals surface area (Å²) in [6, 6.07) is 9.31. The summed E-state index contributed by atoms with van der Waals surface area (Å²) in [4.78, 5) is 53.9. The molecule has 0 bridgehead atoms. The average Bonchev–Trinajstić information content (AvgIpc) is 2.71. The van der Waals surface area contributed by atoms with Gasteiger partial charge in [-0.3, -0.25) is 19.2 Å². The van der Waals surface area contributed by atoms with Gasteiger partial charge in [-0.2, -0.15) is 0 Å². The van der Waals surface area contributed by atoms with Gasteiger partial charge in [-0.1, -0.05) is 6.07 Å². The normalized spacial score (nSPS) is 12.6. The van der Waals surface area contributed by atoms with Crippen LogP contribution in [0.5, 0.6) is 5.75 Å². The van der Waals surface area contributed by atoms with Crippen LogP contribution in [0.3, 0.4) is 0 Å². The third-order valence-corrected chi connectivity index (χ3v) is 4.34. The minimum atomic E-state index is -0.663. The highest BCUT2D eigenvalue weighted by atomic mass is 16.5. The summed E-state index contributed by atoms with van der Waals surface area (Å²) in [7, 11) is 0. The molecule has 5 N–H and O–H groups in total. The molecule has 2 heterocycles. The summed E-state index contributed by atoms with van der Waals surface area (Å²) in [5, 5.41) is 5.57. The van der Waals surface area contributed by atoms with Crippen molar-refractivity contribution in [3.63, 3.8) is 0 Å². The number of carbonyl (C=O) groups is 3. The maximum absolute atomic E-state index is 12.4. The van der Waals surface area contributed by atoms with E-state index in [1.54, 1.807) is 18.2 Å². The van der Waals surface area contributed by atoms with E-state index in [1.165, 1.54) is 18.2 Å². The number of nitrogens with zero attached hydrogens (tertiary/aromatic N) is 1. The van der Waals surface area contributed by atoms with Crippen LogP contribution in [0.1, 0.15) is 26.5 Å². The number of aromatic nitrogens is 2. The number of carbonyl (C=O) groups excluding carboxylic acids is 3. The number of ether oxygens (including phenoxy) is 1. The van der Waals surface area contributed by atoms with Crippen molar-refractivity contribution < 1.29 is 19.1 Å². The third kappa shape index (κ3) is 3.63. The summed E-state index contributed by atoms with van der Waals surface area (Å²) < 4.78 is 5.28. The number of aromatic amines is 1. The Hall–Kier alpha value is -4.21. The number of nitrogens with two attached hydrogens (primary N) is 1. The van der Waals surface area contributed by atoms with Crippen LogP contribution in [-0.2, 0) is 11.3 Å². The molecule has 1 aliphatic rings. The van der Waals surface area contributed by atoms with Crippen molar-refractivity contribution in [2.45, 2.75) is 6.54 Å². The summed E-state index contributed by atoms with van der Waals surface area (Å²) in [6.45, 7) is 0.0899. The van der Waals surface area contributed by atoms with Gasteiger partial charge in [0.15, 0.2) is 12.4 Å². The largest absolute Gasteiger partial charge is 0.482 e. The van der Waals surface area contributed by atoms with Gasteiger partial charge in [0.1, 0.15) is 5.75 Å². The summed E-state index contributed by atoms with van der Waals surface area (Å²) in [5.74, 6) is -1.17. The van der Waals surface area contributed by atoms with E-state index in [2.05, 4.69) is 20.6 Å². The lowest BCUT2D eigenvalue weighted by molar-refractivity contribution is -0.118. The molecule has 0 aliphatic carbocycles. The van der Waals surface area contributed by atoms with Crippen molar-refractivity contribution in [1.29, 1.82) is 0 Å². The average molecular weight is 393 g/mol. The Morgan fingerprint density at radius 3 is 2.79 bits per heavy atom. The molecule has 3 aromatic rings. The molecular weight excluding hydrogens is 378 g/mol. The van der Waals surface area contributed by atoms with Crippen molar-refractivity contribution in [3.05, 3.63) is 63.7 Å². The number of H-pyrrole nitrogens is 1. The van der Waals surface area contributed by atoms with Crippen LogP contribution >= 0.6 is 0 Å². The molecule has 0 fully saturated rings. The quantitative estimate of drug-likeness (QED) is 0.499. The third-order valence-electron chi connectivity index (χ3n) is 4.34. The fraction of sp³-hybridized carbons (Fsp3) is 0.105. The lowest BCUT2D eigenvalue weighted by atomic mass is 10.1. The minimum absolute atomic E-state index is 0.0401. The molecule has 0 saturated carbocycles. The van der Waals surface area contributed by atoms with E-state index in [9.17, 15) is 19.2 Å². The zero-order valence-corrected chi connectivity index (χ0v) is 14.9. The number of rotatable bonds is 4. The maximum atomic E-state index is 12.4. The Morgan fingerprint density at radius 2 is 2.00 bits per heavy atom. The Kier molecular flexibility index (Phi) is 4.43. The highest BCUT2D eigenvalue weighted by Crippen LogP contribution is 2.28. The Morgan fingerprint density at radius 1 is 1.17 bits per heavy atom. The van der Waals surface area contributed by atoms with Crippen LogP contribution in [0.2, 0.25) is 0 Å². The number of amides is 3. The molecule has 146 valence electrons. The number of hydrogen-bond donors (Lipinski definition) is 4. The lowest BCUT2D eigenvalue weighted by Gasteiger charge is -2.18. The molecule has 4 rings (SSSR count). The highest BCUT2D eigenvalue weighted by Gasteiger charge is 2.17. The molecule has 10 nitrogen and oxygen atoms in total. The van der Waals surface area contributed by atoms with Gasteiger partial charge in [0.05, 0.1) is 16.6 Å². The lowest BCUT2D eigenvalue weighted by Crippen LogP contribution is -2.28. The van der Waals surface area contributed by atoms with E-state index >= 15 is 0 Å². The minimum Gasteiger partial charge on any atom is -0.482 e. The van der Waals surface area contributed by atoms with Gasteiger partial charge >= 0.3 is 0 Å². The van der Waals surface area contributed by atoms with Crippen molar-refractivity contribution >= 4 is 34.3 Å². The first-order chi connectivity index (χ1) is 13.9. The van der Waals surface area contributed by atoms with E-state index in [0.29, 0.717) is 17.0 Å². The van der Waals surface area contributed by atoms with Gasteiger partial charge in [0.25, 0.3) is 17.4 Å². The fourth-order valence-corrected chi connectivity index (χ4v) is 2.91. The second-order valence-electron chi connectivity index (χ2n) is 6.36. The standard InChI is InChI=1S/C19H15N5O5/c20-16(26)10-2-3-11-12(6-10)23-17(24-18(11)27)19(28)21-7-9-1-4-14-13(5-9)22-15(25)8-29-14/h1-6H,7-8H2,(H2,20,26)(H,21,28)(H,22,25)(H,23,24,27). The van der Waals surface area contributed by atoms with E-state index in [-0.39, 0.29) is 41.3 Å². The van der Waals surface area contributed by atoms with E-state index in [4.69, 9.17) is 10.5 Å². The summed E-state index contributed by atoms with van der Waals surface area (Å²) in [6.07, 6.45) is 0. The number of hydrogen-bond acceptors (Lipinski definition) is 6. The molecule has 0 spiro atoms. The topological polar surface area (TPSA) is 156 Å². The molecule has 10 heteroatoms. The predicted molar refractivity (Wildman–Crippen MR) is 103 cm³/mol. The molecule has 0 atom stereocenters. The molecule has 0 unspecified atom stereocenters. The smallest absolute Gasteiger partial charge is 0.287 e. The second kappa shape index (κ2) is 7.08. The van der Waals surface area contributed by atoms with Crippen molar-refractivity contribution in [1.82, 2.24) is 15.3 Å². The van der Waals surface area contributed by atoms with E-state index in [1.807, 2.05) is 0 Å². The van der Waals surface area contributed by atoms with Gasteiger partial charge in [-0.25, -0.2) is 4.98 Å². The highest BCUT2D eigenvalue weighted by molar-refractivity contribution is 5.98. The van der Waals surface area contributed by atoms with Crippen LogP contribution in [0.4, 0.5) is 5.69 Å². The number of primary amides is 1. The first kappa shape index (κ1) is 18.2. The summed E-state index contributed by atoms with van der Waals surface area (Å²) >= 11 is 0. The van der Waals surface area contributed by atoms with E-state index < -0.39 is 17.4 Å². The number of fused-ring (bicyclic) bond motifs is 2. The van der Waals surface area contributed by atoms with Crippen molar-refractivity contribution in [3.8, 4) is 5.75 Å². The van der Waals surface area contributed by atoms with Crippen LogP contribution < -0.4 is 26.7 Å². The first-order valence-corrected chi connectivity index (χ1v) is 8.58. The molecular formula is C19H15N5O5. The number of nitrogens with one attached hydrogen (secondary N) is 3. The number of anilines is 1. The van der Waals surface area contributed by atoms with Gasteiger partial charge < -0.3 is 26.1 Å². The summed E-state index contributed by atoms with van der Waals surface area (Å²) in [5.41, 5.74) is 6.33. The maximum Gasteiger partial charge on any atom is 0.287 e. The first-order valence-electron chi connectivity index (χ1n) is 8.58. The van der Waals surface area contributed by atoms with Gasteiger partial charge in [0, 0.05) is 12.1 Å². The van der Waals surface area contributed by atoms with Crippen LogP contribution in [-0.4, -0.2) is 34.3 Å². The predicted octanol–water partition coefficient (Wildman–Crippen LogP) is 0.283. The molecule has 29 heavy (non-hydrogen) atoms. The monoisotopic (exact) mass is 393 g/mol.